The van der Waals surface area contributed by atoms with Gasteiger partial charge in [0.25, 0.3) is 0 Å². The van der Waals surface area contributed by atoms with Crippen LogP contribution in [0.15, 0.2) is 22.3 Å². The Bertz CT molecular complexity index is 856. The number of halogens is 2. The molecule has 152 valence electrons. The molecule has 2 aromatic rings. The van der Waals surface area contributed by atoms with Gasteiger partial charge in [-0.2, -0.15) is 0 Å². The number of aliphatic hydroxyl groups excluding tert-OH is 1. The van der Waals surface area contributed by atoms with Gasteiger partial charge in [-0.1, -0.05) is 41.9 Å². The van der Waals surface area contributed by atoms with Crippen LogP contribution in [-0.4, -0.2) is 39.2 Å². The summed E-state index contributed by atoms with van der Waals surface area (Å²) in [4.78, 5) is 16.4. The fraction of sp³-hybridized carbons (Fsp3) is 0.526. The zero-order valence-corrected chi connectivity index (χ0v) is 18.6. The van der Waals surface area contributed by atoms with Gasteiger partial charge in [-0.15, -0.1) is 0 Å². The van der Waals surface area contributed by atoms with Crippen LogP contribution in [0.25, 0.3) is 0 Å². The lowest BCUT2D eigenvalue weighted by Gasteiger charge is -2.42. The van der Waals surface area contributed by atoms with Gasteiger partial charge >= 0.3 is 0 Å². The molecule has 0 saturated carbocycles. The number of rotatable bonds is 5. The van der Waals surface area contributed by atoms with Gasteiger partial charge in [-0.3, -0.25) is 4.98 Å². The predicted octanol–water partition coefficient (Wildman–Crippen LogP) is 4.08. The number of pyridine rings is 1. The average molecular weight is 442 g/mol. The Kier molecular flexibility index (Phi) is 6.72. The van der Waals surface area contributed by atoms with Crippen LogP contribution < -0.4 is 10.6 Å². The second kappa shape index (κ2) is 8.71. The Morgan fingerprint density at radius 3 is 2.57 bits per heavy atom. The number of anilines is 1. The van der Waals surface area contributed by atoms with Crippen LogP contribution in [0.3, 0.4) is 0 Å². The zero-order valence-electron chi connectivity index (χ0n) is 16.2. The molecule has 1 fully saturated rings. The molecule has 0 aliphatic carbocycles. The second-order valence-electron chi connectivity index (χ2n) is 7.51. The molecule has 3 rings (SSSR count). The third-order valence-electron chi connectivity index (χ3n) is 5.54. The lowest BCUT2D eigenvalue weighted by Crippen LogP contribution is -2.47. The van der Waals surface area contributed by atoms with Crippen molar-refractivity contribution in [2.45, 2.75) is 56.2 Å². The minimum atomic E-state index is -0.182. The number of aryl methyl sites for hydroxylation is 1. The van der Waals surface area contributed by atoms with Crippen LogP contribution in [0, 0.1) is 12.3 Å². The molecule has 0 aromatic carbocycles. The van der Waals surface area contributed by atoms with E-state index in [1.807, 2.05) is 6.92 Å². The van der Waals surface area contributed by atoms with E-state index in [1.54, 1.807) is 6.20 Å². The number of nitrogens with zero attached hydrogens (tertiary/aromatic N) is 4. The third kappa shape index (κ3) is 4.39. The van der Waals surface area contributed by atoms with Crippen LogP contribution in [-0.2, 0) is 6.61 Å². The molecule has 6 nitrogen and oxygen atoms in total. The highest BCUT2D eigenvalue weighted by molar-refractivity contribution is 7.99. The average Bonchev–Trinajstić information content (AvgIpc) is 2.67. The largest absolute Gasteiger partial charge is 0.390 e. The lowest BCUT2D eigenvalue weighted by atomic mass is 9.75. The van der Waals surface area contributed by atoms with Gasteiger partial charge in [-0.25, -0.2) is 9.97 Å². The van der Waals surface area contributed by atoms with E-state index in [2.05, 4.69) is 28.7 Å². The van der Waals surface area contributed by atoms with Crippen LogP contribution in [0.1, 0.15) is 38.1 Å². The molecule has 2 aromatic heterocycles. The summed E-state index contributed by atoms with van der Waals surface area (Å²) in [6.07, 6.45) is 5.11. The van der Waals surface area contributed by atoms with Crippen molar-refractivity contribution >= 4 is 40.8 Å². The van der Waals surface area contributed by atoms with Crippen LogP contribution in [0.4, 0.5) is 5.82 Å². The minimum Gasteiger partial charge on any atom is -0.390 e. The van der Waals surface area contributed by atoms with Gasteiger partial charge in [0.2, 0.25) is 0 Å². The van der Waals surface area contributed by atoms with Crippen molar-refractivity contribution in [2.75, 3.05) is 18.0 Å². The summed E-state index contributed by atoms with van der Waals surface area (Å²) in [7, 11) is 0. The fourth-order valence-electron chi connectivity index (χ4n) is 3.24. The van der Waals surface area contributed by atoms with Crippen LogP contribution in [0.5, 0.6) is 0 Å². The van der Waals surface area contributed by atoms with Crippen molar-refractivity contribution < 1.29 is 5.11 Å². The van der Waals surface area contributed by atoms with Crippen molar-refractivity contribution in [3.63, 3.8) is 0 Å². The number of aliphatic hydroxyl groups is 1. The molecule has 0 spiro atoms. The smallest absolute Gasteiger partial charge is 0.153 e. The maximum Gasteiger partial charge on any atom is 0.153 e. The Balaban J connectivity index is 1.85. The van der Waals surface area contributed by atoms with E-state index < -0.39 is 0 Å². The molecular weight excluding hydrogens is 417 g/mol. The summed E-state index contributed by atoms with van der Waals surface area (Å²) < 4.78 is 0. The van der Waals surface area contributed by atoms with E-state index in [0.29, 0.717) is 25.7 Å². The molecule has 1 saturated heterocycles. The van der Waals surface area contributed by atoms with E-state index in [4.69, 9.17) is 33.9 Å². The van der Waals surface area contributed by atoms with Gasteiger partial charge < -0.3 is 15.7 Å². The van der Waals surface area contributed by atoms with E-state index in [-0.39, 0.29) is 18.1 Å². The van der Waals surface area contributed by atoms with Crippen LogP contribution in [0.2, 0.25) is 10.0 Å². The van der Waals surface area contributed by atoms with Crippen molar-refractivity contribution in [2.24, 2.45) is 11.1 Å². The highest BCUT2D eigenvalue weighted by Gasteiger charge is 2.34. The minimum absolute atomic E-state index is 0.129. The number of nitrogens with two attached hydrogens (primary N) is 1. The molecule has 0 amide bonds. The van der Waals surface area contributed by atoms with E-state index >= 15 is 0 Å². The predicted molar refractivity (Wildman–Crippen MR) is 114 cm³/mol. The molecule has 0 radical (unpaired) electrons. The van der Waals surface area contributed by atoms with Gasteiger partial charge in [0.05, 0.1) is 27.2 Å². The quantitative estimate of drug-likeness (QED) is 0.721. The summed E-state index contributed by atoms with van der Waals surface area (Å²) in [6.45, 7) is 7.72. The highest BCUT2D eigenvalue weighted by Crippen LogP contribution is 2.39. The van der Waals surface area contributed by atoms with E-state index in [0.717, 1.165) is 37.4 Å². The fourth-order valence-corrected chi connectivity index (χ4v) is 4.54. The topological polar surface area (TPSA) is 88.2 Å². The van der Waals surface area contributed by atoms with Crippen molar-refractivity contribution in [1.82, 2.24) is 15.0 Å². The van der Waals surface area contributed by atoms with Gasteiger partial charge in [0, 0.05) is 31.5 Å². The highest BCUT2D eigenvalue weighted by atomic mass is 35.5. The normalized spacial score (nSPS) is 17.6. The second-order valence-corrected chi connectivity index (χ2v) is 9.32. The van der Waals surface area contributed by atoms with E-state index in [1.165, 1.54) is 18.0 Å². The summed E-state index contributed by atoms with van der Waals surface area (Å²) in [5, 5.41) is 11.4. The molecule has 0 bridgehead atoms. The maximum atomic E-state index is 9.90. The Hall–Kier alpha value is -1.12. The monoisotopic (exact) mass is 441 g/mol. The number of hydrogen-bond donors (Lipinski definition) is 2. The molecule has 9 heteroatoms. The molecule has 3 N–H and O–H groups in total. The first-order valence-corrected chi connectivity index (χ1v) is 10.8. The molecule has 28 heavy (non-hydrogen) atoms. The zero-order chi connectivity index (χ0) is 20.5. The van der Waals surface area contributed by atoms with Gasteiger partial charge in [-0.05, 0) is 32.1 Å². The van der Waals surface area contributed by atoms with Gasteiger partial charge in [0.15, 0.2) is 5.82 Å². The van der Waals surface area contributed by atoms with Crippen molar-refractivity contribution in [3.8, 4) is 0 Å². The molecular formula is C19H25Cl2N5OS. The molecule has 3 heterocycles. The molecule has 1 aliphatic rings. The first-order chi connectivity index (χ1) is 13.2. The SMILES string of the molecule is Cc1nc(N2CCC(C)(C(C)N)CC2)c(CO)nc1Sc1cncc(Cl)c1Cl. The van der Waals surface area contributed by atoms with Gasteiger partial charge in [0.1, 0.15) is 10.7 Å². The number of piperidine rings is 1. The number of aromatic nitrogens is 3. The Morgan fingerprint density at radius 2 is 1.96 bits per heavy atom. The lowest BCUT2D eigenvalue weighted by molar-refractivity contribution is 0.204. The van der Waals surface area contributed by atoms with Crippen LogP contribution >= 0.6 is 35.0 Å². The first kappa shape index (κ1) is 21.6. The molecule has 1 aliphatic heterocycles. The first-order valence-electron chi connectivity index (χ1n) is 9.21. The molecule has 1 unspecified atom stereocenters. The summed E-state index contributed by atoms with van der Waals surface area (Å²) in [5.74, 6) is 0.742. The third-order valence-corrected chi connectivity index (χ3v) is 7.56. The standard InChI is InChI=1S/C19H25Cl2N5OS/c1-11-18(28-15-9-23-8-13(20)16(15)21)25-14(10-27)17(24-11)26-6-4-19(3,5-7-26)12(2)22/h8-9,12,27H,4-7,10,22H2,1-3H3. The Labute approximate surface area is 179 Å². The Morgan fingerprint density at radius 1 is 1.29 bits per heavy atom. The summed E-state index contributed by atoms with van der Waals surface area (Å²) in [6, 6.07) is 0.148. The number of hydrogen-bond acceptors (Lipinski definition) is 7. The molecule has 1 atom stereocenters. The van der Waals surface area contributed by atoms with Crippen molar-refractivity contribution in [1.29, 1.82) is 0 Å². The van der Waals surface area contributed by atoms with E-state index in [9.17, 15) is 5.11 Å². The summed E-state index contributed by atoms with van der Waals surface area (Å²) >= 11 is 13.7. The maximum absolute atomic E-state index is 9.90. The van der Waals surface area contributed by atoms with Crippen molar-refractivity contribution in [3.05, 3.63) is 33.8 Å². The summed E-state index contributed by atoms with van der Waals surface area (Å²) in [5.41, 5.74) is 7.63.